The first-order chi connectivity index (χ1) is 12.8. The molecule has 1 unspecified atom stereocenters. The summed E-state index contributed by atoms with van der Waals surface area (Å²) in [5.41, 5.74) is 5.49. The monoisotopic (exact) mass is 382 g/mol. The van der Waals surface area contributed by atoms with Crippen LogP contribution in [0.25, 0.3) is 0 Å². The molecule has 0 aliphatic heterocycles. The van der Waals surface area contributed by atoms with Crippen LogP contribution in [-0.2, 0) is 21.0 Å². The highest BCUT2D eigenvalue weighted by atomic mass is 16.4. The van der Waals surface area contributed by atoms with Crippen molar-refractivity contribution in [3.63, 3.8) is 0 Å². The van der Waals surface area contributed by atoms with Gasteiger partial charge in [-0.1, -0.05) is 85.2 Å². The Morgan fingerprint density at radius 3 is 2.07 bits per heavy atom. The molecule has 1 aromatic rings. The third-order valence-electron chi connectivity index (χ3n) is 6.01. The Morgan fingerprint density at radius 1 is 1.11 bits per heavy atom. The molecule has 1 aromatic carbocycles. The van der Waals surface area contributed by atoms with E-state index in [2.05, 4.69) is 72.7 Å². The summed E-state index contributed by atoms with van der Waals surface area (Å²) < 4.78 is 0. The summed E-state index contributed by atoms with van der Waals surface area (Å²) >= 11 is 0. The lowest BCUT2D eigenvalue weighted by Gasteiger charge is -2.28. The third-order valence-corrected chi connectivity index (χ3v) is 6.01. The van der Waals surface area contributed by atoms with Crippen LogP contribution >= 0.6 is 0 Å². The molecule has 0 aromatic heterocycles. The summed E-state index contributed by atoms with van der Waals surface area (Å²) in [6.45, 7) is 17.8. The van der Waals surface area contributed by atoms with Gasteiger partial charge in [0.2, 0.25) is 0 Å². The fraction of sp³-hybridized carbons (Fsp3) is 0.577. The number of carboxylic acids is 1. The van der Waals surface area contributed by atoms with Crippen molar-refractivity contribution in [2.75, 3.05) is 0 Å². The van der Waals surface area contributed by atoms with E-state index in [-0.39, 0.29) is 16.2 Å². The summed E-state index contributed by atoms with van der Waals surface area (Å²) in [7, 11) is 0. The van der Waals surface area contributed by atoms with Gasteiger partial charge in [0.1, 0.15) is 0 Å². The van der Waals surface area contributed by atoms with Crippen molar-refractivity contribution in [3.8, 4) is 0 Å². The molecule has 0 heterocycles. The average Bonchev–Trinajstić information content (AvgIpc) is 3.25. The Hall–Kier alpha value is -1.83. The highest BCUT2D eigenvalue weighted by Gasteiger charge is 2.53. The SMILES string of the molecule is CCCC1(c2cc(C(C)(C)C)cc(C(C)(C)C)c2)C[C@@H]1/C=C/C(C)=C/C(=O)O. The Balaban J connectivity index is 2.47. The largest absolute Gasteiger partial charge is 0.478 e. The standard InChI is InChI=1S/C26H38O2/c1-9-12-26(17-19(26)11-10-18(2)13-23(27)28)22-15-20(24(3,4)5)14-21(16-22)25(6,7)8/h10-11,13-16,19H,9,12,17H2,1-8H3,(H,27,28)/b11-10+,18-13+/t19-,26?/m0/s1. The zero-order valence-electron chi connectivity index (χ0n) is 19.0. The lowest BCUT2D eigenvalue weighted by atomic mass is 9.76. The van der Waals surface area contributed by atoms with Gasteiger partial charge in [0.05, 0.1) is 0 Å². The highest BCUT2D eigenvalue weighted by Crippen LogP contribution is 2.59. The first-order valence-corrected chi connectivity index (χ1v) is 10.6. The molecule has 0 radical (unpaired) electrons. The van der Waals surface area contributed by atoms with Gasteiger partial charge in [-0.25, -0.2) is 4.79 Å². The Morgan fingerprint density at radius 2 is 1.64 bits per heavy atom. The molecule has 1 aliphatic rings. The van der Waals surface area contributed by atoms with Crippen LogP contribution in [0.3, 0.4) is 0 Å². The van der Waals surface area contributed by atoms with Crippen LogP contribution in [0.4, 0.5) is 0 Å². The predicted octanol–water partition coefficient (Wildman–Crippen LogP) is 6.93. The van der Waals surface area contributed by atoms with Gasteiger partial charge in [-0.3, -0.25) is 0 Å². The molecule has 0 saturated heterocycles. The molecule has 1 aliphatic carbocycles. The molecule has 2 atom stereocenters. The molecule has 1 saturated carbocycles. The van der Waals surface area contributed by atoms with Gasteiger partial charge in [-0.2, -0.15) is 0 Å². The predicted molar refractivity (Wildman–Crippen MR) is 119 cm³/mol. The number of aliphatic carboxylic acids is 1. The van der Waals surface area contributed by atoms with Gasteiger partial charge >= 0.3 is 5.97 Å². The van der Waals surface area contributed by atoms with Crippen molar-refractivity contribution in [2.24, 2.45) is 5.92 Å². The second-order valence-electron chi connectivity index (χ2n) is 10.6. The van der Waals surface area contributed by atoms with E-state index in [9.17, 15) is 4.79 Å². The minimum absolute atomic E-state index is 0.116. The fourth-order valence-corrected chi connectivity index (χ4v) is 4.09. The van der Waals surface area contributed by atoms with E-state index in [0.29, 0.717) is 5.92 Å². The minimum atomic E-state index is -0.884. The van der Waals surface area contributed by atoms with Crippen LogP contribution in [-0.4, -0.2) is 11.1 Å². The molecule has 0 amide bonds. The van der Waals surface area contributed by atoms with Crippen molar-refractivity contribution < 1.29 is 9.90 Å². The van der Waals surface area contributed by atoms with Crippen molar-refractivity contribution in [2.45, 2.75) is 90.9 Å². The van der Waals surface area contributed by atoms with Crippen LogP contribution < -0.4 is 0 Å². The van der Waals surface area contributed by atoms with Crippen molar-refractivity contribution in [1.82, 2.24) is 0 Å². The van der Waals surface area contributed by atoms with Crippen LogP contribution in [0.1, 0.15) is 91.3 Å². The molecule has 1 N–H and O–H groups in total. The second-order valence-corrected chi connectivity index (χ2v) is 10.6. The van der Waals surface area contributed by atoms with Gasteiger partial charge in [-0.05, 0) is 58.8 Å². The minimum Gasteiger partial charge on any atom is -0.478 e. The lowest BCUT2D eigenvalue weighted by molar-refractivity contribution is -0.131. The van der Waals surface area contributed by atoms with Crippen molar-refractivity contribution in [3.05, 3.63) is 58.7 Å². The Kier molecular flexibility index (Phi) is 6.33. The van der Waals surface area contributed by atoms with E-state index >= 15 is 0 Å². The van der Waals surface area contributed by atoms with Gasteiger partial charge in [0.25, 0.3) is 0 Å². The summed E-state index contributed by atoms with van der Waals surface area (Å²) in [6, 6.07) is 7.24. The Labute approximate surface area is 171 Å². The second kappa shape index (κ2) is 7.89. The molecule has 1 fully saturated rings. The molecule has 2 nitrogen and oxygen atoms in total. The average molecular weight is 383 g/mol. The van der Waals surface area contributed by atoms with Gasteiger partial charge in [-0.15, -0.1) is 0 Å². The zero-order valence-corrected chi connectivity index (χ0v) is 19.0. The normalized spacial score (nSPS) is 23.3. The number of rotatable bonds is 6. The van der Waals surface area contributed by atoms with E-state index in [1.165, 1.54) is 29.2 Å². The lowest BCUT2D eigenvalue weighted by Crippen LogP contribution is -2.20. The maximum Gasteiger partial charge on any atom is 0.328 e. The van der Waals surface area contributed by atoms with E-state index in [4.69, 9.17) is 5.11 Å². The number of hydrogen-bond donors (Lipinski definition) is 1. The number of benzene rings is 1. The summed E-state index contributed by atoms with van der Waals surface area (Å²) in [4.78, 5) is 10.9. The Bertz CT molecular complexity index is 751. The molecule has 28 heavy (non-hydrogen) atoms. The molecule has 2 heteroatoms. The van der Waals surface area contributed by atoms with Crippen LogP contribution in [0.5, 0.6) is 0 Å². The molecule has 154 valence electrons. The first kappa shape index (κ1) is 22.5. The summed E-state index contributed by atoms with van der Waals surface area (Å²) in [5, 5.41) is 8.93. The number of hydrogen-bond acceptors (Lipinski definition) is 1. The number of carbonyl (C=O) groups is 1. The smallest absolute Gasteiger partial charge is 0.328 e. The molecular formula is C26H38O2. The molecular weight excluding hydrogens is 344 g/mol. The first-order valence-electron chi connectivity index (χ1n) is 10.6. The maximum absolute atomic E-state index is 10.9. The van der Waals surface area contributed by atoms with Gasteiger partial charge in [0, 0.05) is 11.5 Å². The van der Waals surface area contributed by atoms with Crippen LogP contribution in [0, 0.1) is 5.92 Å². The van der Waals surface area contributed by atoms with Crippen molar-refractivity contribution >= 4 is 5.97 Å². The molecule has 0 spiro atoms. The van der Waals surface area contributed by atoms with E-state index in [1.54, 1.807) is 0 Å². The number of allylic oxidation sites excluding steroid dienone is 3. The van der Waals surface area contributed by atoms with Crippen LogP contribution in [0.15, 0.2) is 42.0 Å². The topological polar surface area (TPSA) is 37.3 Å². The molecule has 2 rings (SSSR count). The maximum atomic E-state index is 10.9. The van der Waals surface area contributed by atoms with Crippen molar-refractivity contribution in [1.29, 1.82) is 0 Å². The van der Waals surface area contributed by atoms with Gasteiger partial charge in [0.15, 0.2) is 0 Å². The quantitative estimate of drug-likeness (QED) is 0.428. The fourth-order valence-electron chi connectivity index (χ4n) is 4.09. The van der Waals surface area contributed by atoms with Gasteiger partial charge < -0.3 is 5.11 Å². The van der Waals surface area contributed by atoms with E-state index in [1.807, 2.05) is 13.0 Å². The number of carboxylic acid groups (broad SMARTS) is 1. The summed E-state index contributed by atoms with van der Waals surface area (Å²) in [5.74, 6) is -0.405. The van der Waals surface area contributed by atoms with E-state index < -0.39 is 5.97 Å². The molecule has 0 bridgehead atoms. The highest BCUT2D eigenvalue weighted by molar-refractivity contribution is 5.81. The summed E-state index contributed by atoms with van der Waals surface area (Å²) in [6.07, 6.45) is 8.95. The zero-order chi connectivity index (χ0) is 21.3. The third kappa shape index (κ3) is 5.16. The van der Waals surface area contributed by atoms with Crippen LogP contribution in [0.2, 0.25) is 0 Å². The van der Waals surface area contributed by atoms with E-state index in [0.717, 1.165) is 18.4 Å².